The first kappa shape index (κ1) is 11.9. The molecule has 1 fully saturated rings. The Hall–Kier alpha value is -1.60. The third-order valence-corrected chi connectivity index (χ3v) is 3.34. The topological polar surface area (TPSA) is 52.0 Å². The number of aromatic nitrogens is 1. The molecule has 4 nitrogen and oxygen atoms in total. The van der Waals surface area contributed by atoms with Crippen molar-refractivity contribution in [3.05, 3.63) is 23.4 Å². The van der Waals surface area contributed by atoms with Crippen LogP contribution < -0.4 is 10.2 Å². The van der Waals surface area contributed by atoms with Gasteiger partial charge in [0.1, 0.15) is 11.9 Å². The van der Waals surface area contributed by atoms with Crippen LogP contribution >= 0.6 is 0 Å². The highest BCUT2D eigenvalue weighted by Gasteiger charge is 2.27. The van der Waals surface area contributed by atoms with E-state index in [2.05, 4.69) is 21.3 Å². The Morgan fingerprint density at radius 3 is 3.18 bits per heavy atom. The van der Waals surface area contributed by atoms with Crippen LogP contribution in [0.25, 0.3) is 0 Å². The van der Waals surface area contributed by atoms with Crippen molar-refractivity contribution in [3.8, 4) is 6.07 Å². The average molecular weight is 230 g/mol. The fraction of sp³-hybridized carbons (Fsp3) is 0.538. The maximum Gasteiger partial charge on any atom is 0.147 e. The highest BCUT2D eigenvalue weighted by atomic mass is 15.2. The maximum atomic E-state index is 9.24. The van der Waals surface area contributed by atoms with Crippen molar-refractivity contribution in [1.82, 2.24) is 10.3 Å². The van der Waals surface area contributed by atoms with E-state index in [0.29, 0.717) is 6.04 Å². The molecule has 0 saturated carbocycles. The van der Waals surface area contributed by atoms with Gasteiger partial charge in [-0.2, -0.15) is 5.26 Å². The van der Waals surface area contributed by atoms with Gasteiger partial charge in [0.25, 0.3) is 0 Å². The summed E-state index contributed by atoms with van der Waals surface area (Å²) in [5, 5.41) is 12.5. The van der Waals surface area contributed by atoms with E-state index in [4.69, 9.17) is 0 Å². The van der Waals surface area contributed by atoms with Crippen molar-refractivity contribution < 1.29 is 0 Å². The molecule has 0 aliphatic carbocycles. The first-order valence-corrected chi connectivity index (χ1v) is 6.05. The number of rotatable bonds is 3. The van der Waals surface area contributed by atoms with Crippen LogP contribution in [0.4, 0.5) is 5.82 Å². The summed E-state index contributed by atoms with van der Waals surface area (Å²) in [6.07, 6.45) is 4.13. The molecule has 17 heavy (non-hydrogen) atoms. The van der Waals surface area contributed by atoms with Gasteiger partial charge in [-0.25, -0.2) is 4.98 Å². The maximum absolute atomic E-state index is 9.24. The van der Waals surface area contributed by atoms with Gasteiger partial charge in [0.15, 0.2) is 0 Å². The summed E-state index contributed by atoms with van der Waals surface area (Å²) in [6.45, 7) is 3.91. The second-order valence-corrected chi connectivity index (χ2v) is 4.49. The van der Waals surface area contributed by atoms with Crippen LogP contribution in [-0.4, -0.2) is 31.2 Å². The van der Waals surface area contributed by atoms with Crippen molar-refractivity contribution in [2.45, 2.75) is 25.8 Å². The molecule has 0 amide bonds. The third kappa shape index (κ3) is 2.25. The average Bonchev–Trinajstić information content (AvgIpc) is 2.77. The number of hydrogen-bond donors (Lipinski definition) is 1. The van der Waals surface area contributed by atoms with Crippen LogP contribution in [0.2, 0.25) is 0 Å². The molecular weight excluding hydrogens is 212 g/mol. The van der Waals surface area contributed by atoms with Gasteiger partial charge in [-0.1, -0.05) is 0 Å². The number of pyridine rings is 1. The third-order valence-electron chi connectivity index (χ3n) is 3.34. The number of nitrogens with one attached hydrogen (secondary N) is 1. The fourth-order valence-electron chi connectivity index (χ4n) is 2.46. The van der Waals surface area contributed by atoms with Crippen LogP contribution in [0.5, 0.6) is 0 Å². The summed E-state index contributed by atoms with van der Waals surface area (Å²) >= 11 is 0. The lowest BCUT2D eigenvalue weighted by Gasteiger charge is -2.26. The molecule has 4 heteroatoms. The summed E-state index contributed by atoms with van der Waals surface area (Å²) in [5.74, 6) is 0.852. The highest BCUT2D eigenvalue weighted by molar-refractivity contribution is 5.58. The zero-order valence-corrected chi connectivity index (χ0v) is 10.4. The van der Waals surface area contributed by atoms with E-state index in [-0.39, 0.29) is 0 Å². The Bertz CT molecular complexity index is 436. The minimum absolute atomic E-state index is 0.460. The van der Waals surface area contributed by atoms with E-state index in [9.17, 15) is 5.26 Å². The summed E-state index contributed by atoms with van der Waals surface area (Å²) in [7, 11) is 1.96. The molecule has 90 valence electrons. The monoisotopic (exact) mass is 230 g/mol. The number of aryl methyl sites for hydroxylation is 1. The molecule has 1 saturated heterocycles. The summed E-state index contributed by atoms with van der Waals surface area (Å²) in [4.78, 5) is 6.67. The van der Waals surface area contributed by atoms with Gasteiger partial charge < -0.3 is 10.2 Å². The minimum Gasteiger partial charge on any atom is -0.351 e. The van der Waals surface area contributed by atoms with E-state index < -0.39 is 0 Å². The highest BCUT2D eigenvalue weighted by Crippen LogP contribution is 2.27. The van der Waals surface area contributed by atoms with Crippen LogP contribution in [0.15, 0.2) is 12.3 Å². The number of likely N-dealkylation sites (N-methyl/N-ethyl adjacent to an activating group) is 1. The number of anilines is 1. The van der Waals surface area contributed by atoms with Gasteiger partial charge >= 0.3 is 0 Å². The van der Waals surface area contributed by atoms with E-state index >= 15 is 0 Å². The SMILES string of the molecule is CNCC1CCCN1c1nccc(C)c1C#N. The Morgan fingerprint density at radius 1 is 1.65 bits per heavy atom. The van der Waals surface area contributed by atoms with Crippen molar-refractivity contribution in [3.63, 3.8) is 0 Å². The smallest absolute Gasteiger partial charge is 0.147 e. The molecule has 0 aromatic carbocycles. The first-order valence-electron chi connectivity index (χ1n) is 6.05. The molecular formula is C13H18N4. The Kier molecular flexibility index (Phi) is 3.60. The molecule has 1 unspecified atom stereocenters. The Morgan fingerprint density at radius 2 is 2.47 bits per heavy atom. The molecule has 2 heterocycles. The van der Waals surface area contributed by atoms with Crippen LogP contribution in [-0.2, 0) is 0 Å². The molecule has 1 aromatic rings. The van der Waals surface area contributed by atoms with Gasteiger partial charge in [0.05, 0.1) is 5.56 Å². The van der Waals surface area contributed by atoms with E-state index in [1.807, 2.05) is 20.0 Å². The molecule has 0 bridgehead atoms. The van der Waals surface area contributed by atoms with E-state index in [1.165, 1.54) is 12.8 Å². The van der Waals surface area contributed by atoms with Crippen molar-refractivity contribution in [1.29, 1.82) is 5.26 Å². The van der Waals surface area contributed by atoms with Gasteiger partial charge in [0, 0.05) is 25.3 Å². The van der Waals surface area contributed by atoms with Gasteiger partial charge in [0.2, 0.25) is 0 Å². The molecule has 1 aliphatic heterocycles. The zero-order valence-electron chi connectivity index (χ0n) is 10.4. The first-order chi connectivity index (χ1) is 8.27. The van der Waals surface area contributed by atoms with Crippen molar-refractivity contribution in [2.24, 2.45) is 0 Å². The van der Waals surface area contributed by atoms with Crippen LogP contribution in [0, 0.1) is 18.3 Å². The summed E-state index contributed by atoms with van der Waals surface area (Å²) in [6, 6.07) is 4.63. The summed E-state index contributed by atoms with van der Waals surface area (Å²) < 4.78 is 0. The van der Waals surface area contributed by atoms with Gasteiger partial charge in [-0.3, -0.25) is 0 Å². The quantitative estimate of drug-likeness (QED) is 0.854. The van der Waals surface area contributed by atoms with Crippen molar-refractivity contribution >= 4 is 5.82 Å². The van der Waals surface area contributed by atoms with Gasteiger partial charge in [-0.15, -0.1) is 0 Å². The lowest BCUT2D eigenvalue weighted by molar-refractivity contribution is 0.611. The molecule has 2 rings (SSSR count). The normalized spacial score (nSPS) is 19.4. The lowest BCUT2D eigenvalue weighted by atomic mass is 10.1. The number of hydrogen-bond acceptors (Lipinski definition) is 4. The van der Waals surface area contributed by atoms with Gasteiger partial charge in [-0.05, 0) is 38.4 Å². The van der Waals surface area contributed by atoms with Crippen LogP contribution in [0.3, 0.4) is 0 Å². The van der Waals surface area contributed by atoms with E-state index in [0.717, 1.165) is 30.0 Å². The second-order valence-electron chi connectivity index (χ2n) is 4.49. The molecule has 0 radical (unpaired) electrons. The van der Waals surface area contributed by atoms with Crippen molar-refractivity contribution in [2.75, 3.05) is 25.0 Å². The molecule has 1 atom stereocenters. The van der Waals surface area contributed by atoms with Crippen LogP contribution in [0.1, 0.15) is 24.0 Å². The lowest BCUT2D eigenvalue weighted by Crippen LogP contribution is -2.37. The Balaban J connectivity index is 2.33. The largest absolute Gasteiger partial charge is 0.351 e. The minimum atomic E-state index is 0.460. The van der Waals surface area contributed by atoms with E-state index in [1.54, 1.807) is 6.20 Å². The predicted octanol–water partition coefficient (Wildman–Crippen LogP) is 1.45. The number of nitrogens with zero attached hydrogens (tertiary/aromatic N) is 3. The Labute approximate surface area is 102 Å². The zero-order chi connectivity index (χ0) is 12.3. The molecule has 1 N–H and O–H groups in total. The second kappa shape index (κ2) is 5.15. The summed E-state index contributed by atoms with van der Waals surface area (Å²) in [5.41, 5.74) is 1.73. The standard InChI is InChI=1S/C13H18N4/c1-10-5-6-16-13(12(10)8-14)17-7-3-4-11(17)9-15-2/h5-6,11,15H,3-4,7,9H2,1-2H3. The predicted molar refractivity (Wildman–Crippen MR) is 68.0 cm³/mol. The molecule has 1 aliphatic rings. The molecule has 1 aromatic heterocycles. The fourth-order valence-corrected chi connectivity index (χ4v) is 2.46. The number of nitriles is 1. The molecule has 0 spiro atoms.